The van der Waals surface area contributed by atoms with E-state index in [9.17, 15) is 0 Å². The van der Waals surface area contributed by atoms with Gasteiger partial charge in [0.15, 0.2) is 5.82 Å². The van der Waals surface area contributed by atoms with Gasteiger partial charge in [-0.25, -0.2) is 0 Å². The molecule has 3 rings (SSSR count). The molecular formula is C16H19N5O. The Morgan fingerprint density at radius 1 is 1.32 bits per heavy atom. The molecule has 1 N–H and O–H groups in total. The summed E-state index contributed by atoms with van der Waals surface area (Å²) in [6.07, 6.45) is 3.72. The van der Waals surface area contributed by atoms with Gasteiger partial charge in [-0.15, -0.1) is 0 Å². The largest absolute Gasteiger partial charge is 0.334 e. The first kappa shape index (κ1) is 14.5. The molecule has 0 spiro atoms. The van der Waals surface area contributed by atoms with Crippen LogP contribution in [0.15, 0.2) is 47.2 Å². The predicted octanol–water partition coefficient (Wildman–Crippen LogP) is 2.42. The fourth-order valence-electron chi connectivity index (χ4n) is 2.24. The maximum absolute atomic E-state index is 5.33. The third-order valence-electron chi connectivity index (χ3n) is 3.36. The van der Waals surface area contributed by atoms with Crippen molar-refractivity contribution in [3.05, 3.63) is 54.1 Å². The van der Waals surface area contributed by atoms with Crippen molar-refractivity contribution in [2.24, 2.45) is 0 Å². The molecule has 6 nitrogen and oxygen atoms in total. The Kier molecular flexibility index (Phi) is 4.29. The molecule has 0 amide bonds. The highest BCUT2D eigenvalue weighted by Crippen LogP contribution is 2.18. The molecule has 2 heterocycles. The maximum Gasteiger partial charge on any atom is 0.257 e. The highest BCUT2D eigenvalue weighted by atomic mass is 16.5. The van der Waals surface area contributed by atoms with Crippen LogP contribution in [0.4, 0.5) is 0 Å². The molecule has 0 fully saturated rings. The zero-order chi connectivity index (χ0) is 15.4. The van der Waals surface area contributed by atoms with Gasteiger partial charge in [0, 0.05) is 24.0 Å². The maximum atomic E-state index is 5.33. The van der Waals surface area contributed by atoms with Crippen LogP contribution in [-0.2, 0) is 13.1 Å². The number of nitrogens with zero attached hydrogens (tertiary/aromatic N) is 4. The van der Waals surface area contributed by atoms with Gasteiger partial charge in [-0.3, -0.25) is 4.68 Å². The van der Waals surface area contributed by atoms with Crippen molar-refractivity contribution in [2.45, 2.75) is 33.0 Å². The van der Waals surface area contributed by atoms with Gasteiger partial charge in [0.05, 0.1) is 13.1 Å². The molecule has 0 radical (unpaired) electrons. The lowest BCUT2D eigenvalue weighted by atomic mass is 10.1. The van der Waals surface area contributed by atoms with Gasteiger partial charge in [-0.1, -0.05) is 22.9 Å². The first-order chi connectivity index (χ1) is 10.7. The molecule has 2 aromatic heterocycles. The summed E-state index contributed by atoms with van der Waals surface area (Å²) in [5, 5.41) is 11.6. The van der Waals surface area contributed by atoms with Crippen molar-refractivity contribution in [3.8, 4) is 11.5 Å². The van der Waals surface area contributed by atoms with Crippen molar-refractivity contribution >= 4 is 0 Å². The first-order valence-corrected chi connectivity index (χ1v) is 7.31. The zero-order valence-corrected chi connectivity index (χ0v) is 12.7. The molecule has 0 saturated carbocycles. The van der Waals surface area contributed by atoms with E-state index in [4.69, 9.17) is 4.52 Å². The molecule has 1 unspecified atom stereocenters. The Morgan fingerprint density at radius 3 is 3.00 bits per heavy atom. The molecule has 1 atom stereocenters. The molecule has 3 aromatic rings. The van der Waals surface area contributed by atoms with Crippen molar-refractivity contribution < 1.29 is 4.52 Å². The summed E-state index contributed by atoms with van der Waals surface area (Å²) in [4.78, 5) is 4.43. The summed E-state index contributed by atoms with van der Waals surface area (Å²) in [6.45, 7) is 5.51. The van der Waals surface area contributed by atoms with Crippen molar-refractivity contribution in [1.82, 2.24) is 25.2 Å². The average Bonchev–Trinajstić information content (AvgIpc) is 3.16. The quantitative estimate of drug-likeness (QED) is 0.756. The van der Waals surface area contributed by atoms with E-state index in [1.54, 1.807) is 6.20 Å². The second-order valence-corrected chi connectivity index (χ2v) is 5.40. The zero-order valence-electron chi connectivity index (χ0n) is 12.7. The summed E-state index contributed by atoms with van der Waals surface area (Å²) in [6, 6.07) is 10.2. The highest BCUT2D eigenvalue weighted by Gasteiger charge is 2.10. The fraction of sp³-hybridized carbons (Fsp3) is 0.312. The fourth-order valence-corrected chi connectivity index (χ4v) is 2.24. The van der Waals surface area contributed by atoms with Gasteiger partial charge in [0.25, 0.3) is 5.89 Å². The molecule has 0 aliphatic carbocycles. The van der Waals surface area contributed by atoms with Crippen LogP contribution in [0.1, 0.15) is 18.3 Å². The van der Waals surface area contributed by atoms with Gasteiger partial charge < -0.3 is 9.84 Å². The van der Waals surface area contributed by atoms with E-state index in [2.05, 4.69) is 27.5 Å². The van der Waals surface area contributed by atoms with Crippen molar-refractivity contribution in [2.75, 3.05) is 0 Å². The Morgan fingerprint density at radius 2 is 2.23 bits per heavy atom. The van der Waals surface area contributed by atoms with Crippen LogP contribution in [0.5, 0.6) is 0 Å². The lowest BCUT2D eigenvalue weighted by Gasteiger charge is -2.11. The van der Waals surface area contributed by atoms with Crippen LogP contribution >= 0.6 is 0 Å². The van der Waals surface area contributed by atoms with Gasteiger partial charge in [0.1, 0.15) is 0 Å². The molecule has 0 aliphatic heterocycles. The normalized spacial score (nSPS) is 12.5. The van der Waals surface area contributed by atoms with Crippen molar-refractivity contribution in [1.29, 1.82) is 0 Å². The Labute approximate surface area is 129 Å². The van der Waals surface area contributed by atoms with Crippen LogP contribution < -0.4 is 5.32 Å². The molecule has 22 heavy (non-hydrogen) atoms. The minimum Gasteiger partial charge on any atom is -0.334 e. The summed E-state index contributed by atoms with van der Waals surface area (Å²) in [5.41, 5.74) is 2.12. The van der Waals surface area contributed by atoms with E-state index in [1.165, 1.54) is 5.56 Å². The number of hydrogen-bond donors (Lipinski definition) is 1. The summed E-state index contributed by atoms with van der Waals surface area (Å²) >= 11 is 0. The number of hydrogen-bond acceptors (Lipinski definition) is 5. The van der Waals surface area contributed by atoms with Crippen LogP contribution in [0, 0.1) is 6.92 Å². The number of aryl methyl sites for hydroxylation is 1. The van der Waals surface area contributed by atoms with Gasteiger partial charge in [-0.05, 0) is 32.0 Å². The lowest BCUT2D eigenvalue weighted by Crippen LogP contribution is -2.30. The molecule has 1 aromatic carbocycles. The molecule has 114 valence electrons. The van der Waals surface area contributed by atoms with E-state index < -0.39 is 0 Å². The third kappa shape index (κ3) is 3.59. The van der Waals surface area contributed by atoms with Gasteiger partial charge >= 0.3 is 0 Å². The van der Waals surface area contributed by atoms with E-state index in [0.717, 1.165) is 12.1 Å². The lowest BCUT2D eigenvalue weighted by molar-refractivity contribution is 0.407. The average molecular weight is 297 g/mol. The number of aromatic nitrogens is 4. The second-order valence-electron chi connectivity index (χ2n) is 5.40. The smallest absolute Gasteiger partial charge is 0.257 e. The van der Waals surface area contributed by atoms with Crippen LogP contribution in [-0.4, -0.2) is 26.0 Å². The number of rotatable bonds is 6. The Balaban J connectivity index is 1.58. The van der Waals surface area contributed by atoms with E-state index >= 15 is 0 Å². The van der Waals surface area contributed by atoms with Crippen LogP contribution in [0.2, 0.25) is 0 Å². The van der Waals surface area contributed by atoms with E-state index in [1.807, 2.05) is 48.1 Å². The summed E-state index contributed by atoms with van der Waals surface area (Å²) in [5.74, 6) is 1.21. The van der Waals surface area contributed by atoms with Crippen molar-refractivity contribution in [3.63, 3.8) is 0 Å². The standard InChI is InChI=1S/C16H19N5O/c1-12-5-3-6-14(9-12)16-19-15(20-22-16)10-17-13(2)11-21-8-4-7-18-21/h3-9,13,17H,10-11H2,1-2H3. The minimum absolute atomic E-state index is 0.265. The Hall–Kier alpha value is -2.47. The monoisotopic (exact) mass is 297 g/mol. The molecule has 0 bridgehead atoms. The van der Waals surface area contributed by atoms with E-state index in [-0.39, 0.29) is 6.04 Å². The molecule has 0 aliphatic rings. The second kappa shape index (κ2) is 6.53. The Bertz CT molecular complexity index is 720. The van der Waals surface area contributed by atoms with Gasteiger partial charge in [0.2, 0.25) is 0 Å². The molecular weight excluding hydrogens is 278 g/mol. The predicted molar refractivity (Wildman–Crippen MR) is 83.0 cm³/mol. The minimum atomic E-state index is 0.265. The number of benzene rings is 1. The van der Waals surface area contributed by atoms with Crippen LogP contribution in [0.25, 0.3) is 11.5 Å². The third-order valence-corrected chi connectivity index (χ3v) is 3.36. The number of nitrogens with one attached hydrogen (secondary N) is 1. The van der Waals surface area contributed by atoms with Crippen LogP contribution in [0.3, 0.4) is 0 Å². The SMILES string of the molecule is Cc1cccc(-c2nc(CNC(C)Cn3cccn3)no2)c1. The summed E-state index contributed by atoms with van der Waals surface area (Å²) in [7, 11) is 0. The van der Waals surface area contributed by atoms with Gasteiger partial charge in [-0.2, -0.15) is 10.1 Å². The summed E-state index contributed by atoms with van der Waals surface area (Å²) < 4.78 is 7.22. The molecule has 6 heteroatoms. The highest BCUT2D eigenvalue weighted by molar-refractivity contribution is 5.53. The molecule has 0 saturated heterocycles. The van der Waals surface area contributed by atoms with E-state index in [0.29, 0.717) is 18.3 Å². The first-order valence-electron chi connectivity index (χ1n) is 7.31. The topological polar surface area (TPSA) is 68.8 Å².